The lowest BCUT2D eigenvalue weighted by atomic mass is 9.86. The van der Waals surface area contributed by atoms with Crippen LogP contribution in [-0.4, -0.2) is 34.4 Å². The first-order chi connectivity index (χ1) is 16.2. The van der Waals surface area contributed by atoms with Crippen molar-refractivity contribution in [2.24, 2.45) is 5.41 Å². The van der Waals surface area contributed by atoms with Crippen LogP contribution in [0.5, 0.6) is 11.5 Å². The molecule has 11 heteroatoms. The van der Waals surface area contributed by atoms with Crippen LogP contribution >= 0.6 is 11.6 Å². The topological polar surface area (TPSA) is 97.8 Å². The van der Waals surface area contributed by atoms with E-state index < -0.39 is 29.7 Å². The second-order valence-corrected chi connectivity index (χ2v) is 9.15. The summed E-state index contributed by atoms with van der Waals surface area (Å²) in [6.45, 7) is 4.94. The molecule has 0 saturated heterocycles. The molecule has 0 aliphatic heterocycles. The second-order valence-electron chi connectivity index (χ2n) is 8.76. The lowest BCUT2D eigenvalue weighted by Gasteiger charge is -2.28. The molecule has 186 valence electrons. The Balaban J connectivity index is 1.94. The van der Waals surface area contributed by atoms with Crippen molar-refractivity contribution in [3.63, 3.8) is 0 Å². The Labute approximate surface area is 203 Å². The number of aromatic nitrogens is 1. The molecule has 0 aliphatic carbocycles. The van der Waals surface area contributed by atoms with Gasteiger partial charge in [0.1, 0.15) is 29.3 Å². The van der Waals surface area contributed by atoms with E-state index in [9.17, 15) is 27.9 Å². The molecule has 1 atom stereocenters. The van der Waals surface area contributed by atoms with Gasteiger partial charge in [0.15, 0.2) is 0 Å². The van der Waals surface area contributed by atoms with Gasteiger partial charge in [-0.3, -0.25) is 4.79 Å². The number of fused-ring (bicyclic) bond motifs is 1. The molecule has 0 radical (unpaired) electrons. The zero-order valence-electron chi connectivity index (χ0n) is 18.9. The Morgan fingerprint density at radius 3 is 2.34 bits per heavy atom. The van der Waals surface area contributed by atoms with Gasteiger partial charge in [-0.25, -0.2) is 9.78 Å². The maximum atomic E-state index is 13.1. The first-order valence-electron chi connectivity index (χ1n) is 10.3. The fourth-order valence-corrected chi connectivity index (χ4v) is 3.46. The lowest BCUT2D eigenvalue weighted by Crippen LogP contribution is -2.49. The van der Waals surface area contributed by atoms with Crippen LogP contribution in [0.2, 0.25) is 5.15 Å². The largest absolute Gasteiger partial charge is 0.573 e. The Hall–Kier alpha value is -3.53. The molecule has 0 saturated carbocycles. The van der Waals surface area contributed by atoms with Crippen molar-refractivity contribution in [2.45, 2.75) is 39.8 Å². The Kier molecular flexibility index (Phi) is 7.44. The van der Waals surface area contributed by atoms with Gasteiger partial charge < -0.3 is 19.9 Å². The van der Waals surface area contributed by atoms with E-state index in [2.05, 4.69) is 15.0 Å². The average molecular weight is 511 g/mol. The number of nitrogens with zero attached hydrogens (tertiary/aromatic N) is 1. The predicted molar refractivity (Wildman–Crippen MR) is 123 cm³/mol. The minimum absolute atomic E-state index is 0.0623. The van der Waals surface area contributed by atoms with Crippen LogP contribution in [0.25, 0.3) is 10.8 Å². The fraction of sp³-hybridized carbons (Fsp3) is 0.292. The highest BCUT2D eigenvalue weighted by Gasteiger charge is 2.34. The van der Waals surface area contributed by atoms with Crippen molar-refractivity contribution in [1.82, 2.24) is 10.3 Å². The number of amides is 1. The number of carboxylic acids is 1. The Morgan fingerprint density at radius 2 is 1.77 bits per heavy atom. The van der Waals surface area contributed by atoms with Gasteiger partial charge in [0, 0.05) is 17.0 Å². The van der Waals surface area contributed by atoms with E-state index in [4.69, 9.17) is 16.3 Å². The number of carbonyl (C=O) groups excluding carboxylic acids is 1. The van der Waals surface area contributed by atoms with E-state index >= 15 is 0 Å². The smallest absolute Gasteiger partial charge is 0.487 e. The van der Waals surface area contributed by atoms with Gasteiger partial charge in [0.2, 0.25) is 0 Å². The second kappa shape index (κ2) is 9.99. The number of rotatable bonds is 7. The van der Waals surface area contributed by atoms with Crippen LogP contribution in [0.15, 0.2) is 48.7 Å². The van der Waals surface area contributed by atoms with Crippen LogP contribution in [0.3, 0.4) is 0 Å². The summed E-state index contributed by atoms with van der Waals surface area (Å²) in [7, 11) is 0. The van der Waals surface area contributed by atoms with Gasteiger partial charge in [-0.1, -0.05) is 50.6 Å². The zero-order valence-corrected chi connectivity index (χ0v) is 19.7. The first-order valence-corrected chi connectivity index (χ1v) is 10.7. The van der Waals surface area contributed by atoms with Gasteiger partial charge in [-0.2, -0.15) is 0 Å². The summed E-state index contributed by atoms with van der Waals surface area (Å²) in [6.07, 6.45) is -3.32. The number of benzene rings is 2. The molecule has 1 aromatic heterocycles. The number of nitrogens with one attached hydrogen (secondary N) is 1. The molecule has 7 nitrogen and oxygen atoms in total. The summed E-state index contributed by atoms with van der Waals surface area (Å²) in [4.78, 5) is 28.9. The normalized spacial score (nSPS) is 12.8. The molecule has 3 aromatic rings. The van der Waals surface area contributed by atoms with Crippen molar-refractivity contribution < 1.29 is 37.3 Å². The van der Waals surface area contributed by atoms with E-state index in [0.29, 0.717) is 16.3 Å². The molecule has 0 aliphatic rings. The van der Waals surface area contributed by atoms with E-state index in [1.54, 1.807) is 26.8 Å². The standard InChI is InChI=1S/C24H22ClF3N2O5/c1-23(2,3)20(22(32)33)30-21(31)16-9-6-14-11-29-18(25)10-17(14)19(16)34-12-13-4-7-15(8-5-13)35-24(26,27)28/h4-11,20H,12H2,1-3H3,(H,30,31)(H,32,33)/t20-/m1/s1. The third-order valence-electron chi connectivity index (χ3n) is 4.99. The van der Waals surface area contributed by atoms with E-state index in [-0.39, 0.29) is 28.8 Å². The van der Waals surface area contributed by atoms with E-state index in [0.717, 1.165) is 12.1 Å². The van der Waals surface area contributed by atoms with Crippen LogP contribution in [0, 0.1) is 5.41 Å². The number of hydrogen-bond donors (Lipinski definition) is 2. The number of alkyl halides is 3. The van der Waals surface area contributed by atoms with Crippen molar-refractivity contribution in [1.29, 1.82) is 0 Å². The van der Waals surface area contributed by atoms with Gasteiger partial charge in [-0.05, 0) is 35.2 Å². The third-order valence-corrected chi connectivity index (χ3v) is 5.20. The van der Waals surface area contributed by atoms with Gasteiger partial charge in [0.05, 0.1) is 5.56 Å². The quantitative estimate of drug-likeness (QED) is 0.402. The molecule has 1 heterocycles. The minimum Gasteiger partial charge on any atom is -0.487 e. The number of ether oxygens (including phenoxy) is 2. The molecule has 0 spiro atoms. The minimum atomic E-state index is -4.81. The van der Waals surface area contributed by atoms with Gasteiger partial charge in [-0.15, -0.1) is 13.2 Å². The number of pyridine rings is 1. The summed E-state index contributed by atoms with van der Waals surface area (Å²) in [5, 5.41) is 13.3. The van der Waals surface area contributed by atoms with E-state index in [1.807, 2.05) is 0 Å². The number of aliphatic carboxylic acids is 1. The number of carboxylic acid groups (broad SMARTS) is 1. The van der Waals surface area contributed by atoms with Crippen molar-refractivity contribution in [2.75, 3.05) is 0 Å². The molecule has 0 bridgehead atoms. The van der Waals surface area contributed by atoms with E-state index in [1.165, 1.54) is 30.5 Å². The number of hydrogen-bond acceptors (Lipinski definition) is 5. The van der Waals surface area contributed by atoms with Crippen LogP contribution in [-0.2, 0) is 11.4 Å². The fourth-order valence-electron chi connectivity index (χ4n) is 3.30. The number of halogens is 4. The molecular weight excluding hydrogens is 489 g/mol. The summed E-state index contributed by atoms with van der Waals surface area (Å²) in [6, 6.07) is 8.49. The summed E-state index contributed by atoms with van der Waals surface area (Å²) >= 11 is 6.04. The predicted octanol–water partition coefficient (Wildman–Crippen LogP) is 5.59. The molecule has 2 aromatic carbocycles. The molecule has 2 N–H and O–H groups in total. The molecule has 3 rings (SSSR count). The molecule has 0 unspecified atom stereocenters. The zero-order chi connectivity index (χ0) is 26.0. The molecular formula is C24H22ClF3N2O5. The van der Waals surface area contributed by atoms with Gasteiger partial charge >= 0.3 is 12.3 Å². The van der Waals surface area contributed by atoms with Crippen molar-refractivity contribution in [3.8, 4) is 11.5 Å². The third kappa shape index (κ3) is 6.75. The maximum absolute atomic E-state index is 13.1. The monoisotopic (exact) mass is 510 g/mol. The summed E-state index contributed by atoms with van der Waals surface area (Å²) in [5.74, 6) is -2.13. The SMILES string of the molecule is CC(C)(C)[C@H](NC(=O)c1ccc2cnc(Cl)cc2c1OCc1ccc(OC(F)(F)F)cc1)C(=O)O. The highest BCUT2D eigenvalue weighted by atomic mass is 35.5. The molecule has 1 amide bonds. The average Bonchev–Trinajstić information content (AvgIpc) is 2.74. The highest BCUT2D eigenvalue weighted by molar-refractivity contribution is 6.30. The van der Waals surface area contributed by atoms with Crippen molar-refractivity contribution >= 4 is 34.2 Å². The first kappa shape index (κ1) is 26.1. The maximum Gasteiger partial charge on any atom is 0.573 e. The van der Waals surface area contributed by atoms with Crippen molar-refractivity contribution in [3.05, 3.63) is 64.9 Å². The Morgan fingerprint density at radius 1 is 1.11 bits per heavy atom. The summed E-state index contributed by atoms with van der Waals surface area (Å²) < 4.78 is 47.0. The van der Waals surface area contributed by atoms with Crippen LogP contribution < -0.4 is 14.8 Å². The number of carbonyl (C=O) groups is 2. The molecule has 35 heavy (non-hydrogen) atoms. The Bertz CT molecular complexity index is 1240. The highest BCUT2D eigenvalue weighted by Crippen LogP contribution is 2.33. The van der Waals surface area contributed by atoms with Crippen LogP contribution in [0.4, 0.5) is 13.2 Å². The summed E-state index contributed by atoms with van der Waals surface area (Å²) in [5.41, 5.74) is -0.208. The molecule has 0 fully saturated rings. The van der Waals surface area contributed by atoms with Crippen LogP contribution in [0.1, 0.15) is 36.7 Å². The lowest BCUT2D eigenvalue weighted by molar-refractivity contribution is -0.274. The van der Waals surface area contributed by atoms with Gasteiger partial charge in [0.25, 0.3) is 5.91 Å².